The van der Waals surface area contributed by atoms with Crippen molar-refractivity contribution in [2.45, 2.75) is 13.5 Å². The highest BCUT2D eigenvalue weighted by Crippen LogP contribution is 2.08. The van der Waals surface area contributed by atoms with Crippen molar-refractivity contribution in [1.29, 1.82) is 0 Å². The van der Waals surface area contributed by atoms with E-state index < -0.39 is 0 Å². The zero-order valence-corrected chi connectivity index (χ0v) is 11.3. The van der Waals surface area contributed by atoms with Gasteiger partial charge in [0.1, 0.15) is 0 Å². The van der Waals surface area contributed by atoms with E-state index in [4.69, 9.17) is 0 Å². The summed E-state index contributed by atoms with van der Waals surface area (Å²) in [6.07, 6.45) is 1.73. The van der Waals surface area contributed by atoms with Gasteiger partial charge >= 0.3 is 5.69 Å². The van der Waals surface area contributed by atoms with Crippen molar-refractivity contribution in [1.82, 2.24) is 14.2 Å². The Labute approximate surface area is 116 Å². The second kappa shape index (κ2) is 5.21. The lowest BCUT2D eigenvalue weighted by Crippen LogP contribution is -2.24. The van der Waals surface area contributed by atoms with Crippen LogP contribution in [-0.2, 0) is 6.54 Å². The van der Waals surface area contributed by atoms with Gasteiger partial charge in [-0.05, 0) is 36.8 Å². The summed E-state index contributed by atoms with van der Waals surface area (Å²) in [5, 5.41) is 7.58. The van der Waals surface area contributed by atoms with Crippen LogP contribution in [0.1, 0.15) is 5.56 Å². The summed E-state index contributed by atoms with van der Waals surface area (Å²) in [6.45, 7) is 3.25. The SMILES string of the molecule is Cc1cccc(NCCn2nc3ccccn3c2=O)c1. The quantitative estimate of drug-likeness (QED) is 0.786. The van der Waals surface area contributed by atoms with Crippen molar-refractivity contribution in [2.75, 3.05) is 11.9 Å². The van der Waals surface area contributed by atoms with Crippen LogP contribution in [0.5, 0.6) is 0 Å². The van der Waals surface area contributed by atoms with Crippen LogP contribution in [0.3, 0.4) is 0 Å². The van der Waals surface area contributed by atoms with Crippen molar-refractivity contribution in [3.05, 3.63) is 64.7 Å². The molecule has 5 nitrogen and oxygen atoms in total. The first-order valence-corrected chi connectivity index (χ1v) is 6.59. The van der Waals surface area contributed by atoms with Gasteiger partial charge in [-0.3, -0.25) is 4.40 Å². The Hall–Kier alpha value is -2.56. The average Bonchev–Trinajstić information content (AvgIpc) is 2.76. The number of nitrogens with one attached hydrogen (secondary N) is 1. The molecule has 2 heterocycles. The Kier molecular flexibility index (Phi) is 3.25. The predicted octanol–water partition coefficient (Wildman–Crippen LogP) is 1.92. The van der Waals surface area contributed by atoms with E-state index >= 15 is 0 Å². The third-order valence-corrected chi connectivity index (χ3v) is 3.16. The largest absolute Gasteiger partial charge is 0.383 e. The zero-order valence-electron chi connectivity index (χ0n) is 11.3. The standard InChI is InChI=1S/C15H16N4O/c1-12-5-4-6-13(11-12)16-8-10-19-15(20)18-9-3-2-7-14(18)17-19/h2-7,9,11,16H,8,10H2,1H3. The molecule has 3 aromatic rings. The van der Waals surface area contributed by atoms with Crippen molar-refractivity contribution in [2.24, 2.45) is 0 Å². The van der Waals surface area contributed by atoms with E-state index in [1.165, 1.54) is 10.2 Å². The summed E-state index contributed by atoms with van der Waals surface area (Å²) in [7, 11) is 0. The molecule has 0 saturated carbocycles. The maximum atomic E-state index is 12.1. The fraction of sp³-hybridized carbons (Fsp3) is 0.200. The molecule has 0 aliphatic carbocycles. The molecule has 0 aliphatic heterocycles. The molecule has 0 atom stereocenters. The van der Waals surface area contributed by atoms with Gasteiger partial charge in [0.25, 0.3) is 0 Å². The fourth-order valence-corrected chi connectivity index (χ4v) is 2.17. The molecule has 102 valence electrons. The number of rotatable bonds is 4. The summed E-state index contributed by atoms with van der Waals surface area (Å²) in [6, 6.07) is 13.7. The molecule has 1 aromatic carbocycles. The third-order valence-electron chi connectivity index (χ3n) is 3.16. The van der Waals surface area contributed by atoms with Gasteiger partial charge < -0.3 is 5.32 Å². The van der Waals surface area contributed by atoms with E-state index in [0.29, 0.717) is 18.7 Å². The van der Waals surface area contributed by atoms with Gasteiger partial charge in [-0.15, -0.1) is 5.10 Å². The number of benzene rings is 1. The molecule has 1 N–H and O–H groups in total. The monoisotopic (exact) mass is 268 g/mol. The van der Waals surface area contributed by atoms with Crippen LogP contribution in [-0.4, -0.2) is 20.7 Å². The van der Waals surface area contributed by atoms with Crippen molar-refractivity contribution >= 4 is 11.3 Å². The van der Waals surface area contributed by atoms with Gasteiger partial charge in [-0.2, -0.15) is 0 Å². The fourth-order valence-electron chi connectivity index (χ4n) is 2.17. The number of hydrogen-bond acceptors (Lipinski definition) is 3. The molecule has 5 heteroatoms. The first-order valence-electron chi connectivity index (χ1n) is 6.59. The summed E-state index contributed by atoms with van der Waals surface area (Å²) < 4.78 is 3.03. The number of pyridine rings is 1. The highest BCUT2D eigenvalue weighted by molar-refractivity contribution is 5.45. The molecule has 2 aromatic heterocycles. The maximum Gasteiger partial charge on any atom is 0.350 e. The molecule has 20 heavy (non-hydrogen) atoms. The molecular formula is C15H16N4O. The van der Waals surface area contributed by atoms with Crippen molar-refractivity contribution in [3.8, 4) is 0 Å². The van der Waals surface area contributed by atoms with Gasteiger partial charge in [0.05, 0.1) is 6.54 Å². The summed E-state index contributed by atoms with van der Waals surface area (Å²) >= 11 is 0. The first-order chi connectivity index (χ1) is 9.74. The number of nitrogens with zero attached hydrogens (tertiary/aromatic N) is 3. The smallest absolute Gasteiger partial charge is 0.350 e. The van der Waals surface area contributed by atoms with E-state index in [-0.39, 0.29) is 5.69 Å². The Morgan fingerprint density at radius 3 is 2.90 bits per heavy atom. The summed E-state index contributed by atoms with van der Waals surface area (Å²) in [5.74, 6) is 0. The molecule has 0 fully saturated rings. The second-order valence-corrected chi connectivity index (χ2v) is 4.73. The number of anilines is 1. The second-order valence-electron chi connectivity index (χ2n) is 4.73. The third kappa shape index (κ3) is 2.42. The Bertz CT molecular complexity index is 788. The minimum absolute atomic E-state index is 0.105. The summed E-state index contributed by atoms with van der Waals surface area (Å²) in [5.41, 5.74) is 2.83. The summed E-state index contributed by atoms with van der Waals surface area (Å²) in [4.78, 5) is 12.1. The number of hydrogen-bond donors (Lipinski definition) is 1. The number of aromatic nitrogens is 3. The van der Waals surface area contributed by atoms with E-state index in [9.17, 15) is 4.79 Å². The molecule has 3 rings (SSSR count). The van der Waals surface area contributed by atoms with E-state index in [1.54, 1.807) is 10.6 Å². The van der Waals surface area contributed by atoms with Gasteiger partial charge in [-0.25, -0.2) is 9.48 Å². The van der Waals surface area contributed by atoms with Crippen LogP contribution in [0.4, 0.5) is 5.69 Å². The highest BCUT2D eigenvalue weighted by atomic mass is 16.2. The predicted molar refractivity (Wildman–Crippen MR) is 79.1 cm³/mol. The highest BCUT2D eigenvalue weighted by Gasteiger charge is 2.04. The normalized spacial score (nSPS) is 10.8. The van der Waals surface area contributed by atoms with Gasteiger partial charge in [0, 0.05) is 18.4 Å². The Morgan fingerprint density at radius 1 is 1.20 bits per heavy atom. The van der Waals surface area contributed by atoms with Crippen molar-refractivity contribution in [3.63, 3.8) is 0 Å². The van der Waals surface area contributed by atoms with Crippen LogP contribution in [0.25, 0.3) is 5.65 Å². The topological polar surface area (TPSA) is 51.3 Å². The van der Waals surface area contributed by atoms with Gasteiger partial charge in [-0.1, -0.05) is 18.2 Å². The lowest BCUT2D eigenvalue weighted by molar-refractivity contribution is 0.614. The number of fused-ring (bicyclic) bond motifs is 1. The molecule has 0 aliphatic rings. The van der Waals surface area contributed by atoms with E-state index in [2.05, 4.69) is 29.5 Å². The van der Waals surface area contributed by atoms with Crippen molar-refractivity contribution < 1.29 is 0 Å². The zero-order chi connectivity index (χ0) is 13.9. The molecule has 0 saturated heterocycles. The Morgan fingerprint density at radius 2 is 2.10 bits per heavy atom. The van der Waals surface area contributed by atoms with Crippen LogP contribution >= 0.6 is 0 Å². The van der Waals surface area contributed by atoms with Crippen LogP contribution in [0.2, 0.25) is 0 Å². The lowest BCUT2D eigenvalue weighted by Gasteiger charge is -2.06. The van der Waals surface area contributed by atoms with Crippen LogP contribution < -0.4 is 11.0 Å². The van der Waals surface area contributed by atoms with Crippen LogP contribution in [0.15, 0.2) is 53.5 Å². The lowest BCUT2D eigenvalue weighted by atomic mass is 10.2. The molecule has 0 spiro atoms. The van der Waals surface area contributed by atoms with Gasteiger partial charge in [0.15, 0.2) is 5.65 Å². The minimum Gasteiger partial charge on any atom is -0.383 e. The Balaban J connectivity index is 1.71. The first kappa shape index (κ1) is 12.5. The van der Waals surface area contributed by atoms with E-state index in [0.717, 1.165) is 5.69 Å². The van der Waals surface area contributed by atoms with Crippen LogP contribution in [0, 0.1) is 6.92 Å². The van der Waals surface area contributed by atoms with Gasteiger partial charge in [0.2, 0.25) is 0 Å². The average molecular weight is 268 g/mol. The van der Waals surface area contributed by atoms with E-state index in [1.807, 2.05) is 30.3 Å². The molecule has 0 unspecified atom stereocenters. The molecule has 0 amide bonds. The minimum atomic E-state index is -0.105. The maximum absolute atomic E-state index is 12.1. The molecule has 0 bridgehead atoms. The molecular weight excluding hydrogens is 252 g/mol. The number of aryl methyl sites for hydroxylation is 1. The molecule has 0 radical (unpaired) electrons.